The first-order valence-electron chi connectivity index (χ1n) is 9.33. The number of aromatic nitrogens is 3. The minimum atomic E-state index is -0.148. The number of rotatable bonds is 7. The molecule has 28 heavy (non-hydrogen) atoms. The van der Waals surface area contributed by atoms with E-state index in [-0.39, 0.29) is 23.7 Å². The van der Waals surface area contributed by atoms with Crippen LogP contribution in [0, 0.1) is 13.8 Å². The first-order valence-corrected chi connectivity index (χ1v) is 9.33. The maximum Gasteiger partial charge on any atom is 0.261 e. The summed E-state index contributed by atoms with van der Waals surface area (Å²) in [5, 5.41) is 6.78. The predicted octanol–water partition coefficient (Wildman–Crippen LogP) is 2.78. The number of nitrogens with zero attached hydrogens (tertiary/aromatic N) is 3. The lowest BCUT2D eigenvalue weighted by atomic mass is 10.1. The van der Waals surface area contributed by atoms with Gasteiger partial charge in [-0.3, -0.25) is 9.59 Å². The summed E-state index contributed by atoms with van der Waals surface area (Å²) in [7, 11) is 0. The summed E-state index contributed by atoms with van der Waals surface area (Å²) in [4.78, 5) is 28.8. The van der Waals surface area contributed by atoms with Crippen molar-refractivity contribution in [2.24, 2.45) is 0 Å². The van der Waals surface area contributed by atoms with Crippen LogP contribution in [0.4, 0.5) is 0 Å². The van der Waals surface area contributed by atoms with Crippen LogP contribution >= 0.6 is 0 Å². The van der Waals surface area contributed by atoms with Crippen LogP contribution in [0.5, 0.6) is 0 Å². The third-order valence-corrected chi connectivity index (χ3v) is 4.59. The number of carbonyl (C=O) groups is 1. The highest BCUT2D eigenvalue weighted by atomic mass is 16.5. The van der Waals surface area contributed by atoms with Gasteiger partial charge in [0.15, 0.2) is 0 Å². The van der Waals surface area contributed by atoms with Gasteiger partial charge >= 0.3 is 0 Å². The molecule has 0 aliphatic rings. The fraction of sp³-hybridized carbons (Fsp3) is 0.333. The minimum Gasteiger partial charge on any atom is -0.352 e. The van der Waals surface area contributed by atoms with Crippen molar-refractivity contribution < 1.29 is 9.32 Å². The zero-order valence-electron chi connectivity index (χ0n) is 16.4. The third kappa shape index (κ3) is 4.54. The molecule has 0 saturated heterocycles. The molecule has 1 amide bonds. The molecular formula is C21H24N4O3. The Bertz CT molecular complexity index is 1020. The molecule has 7 heteroatoms. The van der Waals surface area contributed by atoms with E-state index in [4.69, 9.17) is 4.52 Å². The first kappa shape index (κ1) is 19.5. The Morgan fingerprint density at radius 3 is 2.61 bits per heavy atom. The van der Waals surface area contributed by atoms with Crippen molar-refractivity contribution in [3.05, 3.63) is 69.5 Å². The van der Waals surface area contributed by atoms with Crippen molar-refractivity contribution in [3.63, 3.8) is 0 Å². The first-order chi connectivity index (χ1) is 13.5. The number of pyridine rings is 1. The van der Waals surface area contributed by atoms with Crippen LogP contribution in [0.25, 0.3) is 11.4 Å². The van der Waals surface area contributed by atoms with Crippen LogP contribution < -0.4 is 10.9 Å². The molecule has 0 aliphatic heterocycles. The van der Waals surface area contributed by atoms with Crippen molar-refractivity contribution in [1.29, 1.82) is 0 Å². The number of benzene rings is 1. The van der Waals surface area contributed by atoms with Gasteiger partial charge in [0.1, 0.15) is 0 Å². The van der Waals surface area contributed by atoms with E-state index < -0.39 is 0 Å². The monoisotopic (exact) mass is 380 g/mol. The van der Waals surface area contributed by atoms with Crippen molar-refractivity contribution in [2.75, 3.05) is 0 Å². The number of amides is 1. The van der Waals surface area contributed by atoms with Crippen LogP contribution in [-0.2, 0) is 24.3 Å². The van der Waals surface area contributed by atoms with Crippen molar-refractivity contribution in [1.82, 2.24) is 20.0 Å². The van der Waals surface area contributed by atoms with E-state index in [1.807, 2.05) is 51.1 Å². The maximum atomic E-state index is 12.5. The molecule has 0 spiro atoms. The quantitative estimate of drug-likeness (QED) is 0.681. The fourth-order valence-corrected chi connectivity index (χ4v) is 2.92. The molecule has 1 N–H and O–H groups in total. The second-order valence-electron chi connectivity index (χ2n) is 6.71. The number of hydrogen-bond donors (Lipinski definition) is 1. The Morgan fingerprint density at radius 2 is 1.89 bits per heavy atom. The highest BCUT2D eigenvalue weighted by Gasteiger charge is 2.15. The van der Waals surface area contributed by atoms with Gasteiger partial charge in [-0.05, 0) is 38.5 Å². The van der Waals surface area contributed by atoms with E-state index in [0.717, 1.165) is 11.3 Å². The largest absolute Gasteiger partial charge is 0.352 e. The van der Waals surface area contributed by atoms with Crippen molar-refractivity contribution in [3.8, 4) is 11.4 Å². The summed E-state index contributed by atoms with van der Waals surface area (Å²) in [6.45, 7) is 6.87. The van der Waals surface area contributed by atoms with Crippen LogP contribution in [0.2, 0.25) is 0 Å². The predicted molar refractivity (Wildman–Crippen MR) is 106 cm³/mol. The molecule has 0 radical (unpaired) electrons. The summed E-state index contributed by atoms with van der Waals surface area (Å²) in [5.41, 5.74) is 3.36. The molecule has 146 valence electrons. The molecule has 3 aromatic rings. The topological polar surface area (TPSA) is 90.0 Å². The van der Waals surface area contributed by atoms with E-state index >= 15 is 0 Å². The second kappa shape index (κ2) is 8.65. The van der Waals surface area contributed by atoms with Crippen LogP contribution in [0.15, 0.2) is 45.7 Å². The molecule has 0 atom stereocenters. The van der Waals surface area contributed by atoms with Crippen LogP contribution in [0.3, 0.4) is 0 Å². The van der Waals surface area contributed by atoms with Crippen molar-refractivity contribution in [2.45, 2.75) is 46.7 Å². The minimum absolute atomic E-state index is 0.0935. The molecule has 2 aromatic heterocycles. The summed E-state index contributed by atoms with van der Waals surface area (Å²) >= 11 is 0. The van der Waals surface area contributed by atoms with Gasteiger partial charge < -0.3 is 14.4 Å². The molecule has 0 unspecified atom stereocenters. The third-order valence-electron chi connectivity index (χ3n) is 4.59. The standard InChI is InChI=1S/C21H24N4O3/c1-4-25-15(3)7-10-17(21(25)27)20-23-19(28-24-20)12-11-18(26)22-13-16-8-5-14(2)6-9-16/h5-10H,4,11-13H2,1-3H3,(H,22,26). The number of nitrogens with one attached hydrogen (secondary N) is 1. The lowest BCUT2D eigenvalue weighted by molar-refractivity contribution is -0.121. The van der Waals surface area contributed by atoms with E-state index in [9.17, 15) is 9.59 Å². The molecular weight excluding hydrogens is 356 g/mol. The summed E-state index contributed by atoms with van der Waals surface area (Å²) in [6.07, 6.45) is 0.557. The molecule has 0 aliphatic carbocycles. The van der Waals surface area contributed by atoms with Crippen LogP contribution in [0.1, 0.15) is 36.1 Å². The summed E-state index contributed by atoms with van der Waals surface area (Å²) < 4.78 is 6.87. The highest BCUT2D eigenvalue weighted by molar-refractivity contribution is 5.76. The Balaban J connectivity index is 1.58. The number of aryl methyl sites for hydroxylation is 3. The zero-order chi connectivity index (χ0) is 20.1. The summed E-state index contributed by atoms with van der Waals surface area (Å²) in [5.74, 6) is 0.495. The molecule has 2 heterocycles. The highest BCUT2D eigenvalue weighted by Crippen LogP contribution is 2.13. The normalized spacial score (nSPS) is 10.8. The van der Waals surface area contributed by atoms with E-state index in [2.05, 4.69) is 15.5 Å². The van der Waals surface area contributed by atoms with Gasteiger partial charge in [0.05, 0.1) is 5.56 Å². The van der Waals surface area contributed by atoms with Gasteiger partial charge in [-0.25, -0.2) is 0 Å². The molecule has 3 rings (SSSR count). The smallest absolute Gasteiger partial charge is 0.261 e. The van der Waals surface area contributed by atoms with E-state index in [1.165, 1.54) is 5.56 Å². The van der Waals surface area contributed by atoms with Gasteiger partial charge in [-0.15, -0.1) is 0 Å². The SMILES string of the molecule is CCn1c(C)ccc(-c2noc(CCC(=O)NCc3ccc(C)cc3)n2)c1=O. The number of hydrogen-bond acceptors (Lipinski definition) is 5. The molecule has 7 nitrogen and oxygen atoms in total. The average Bonchev–Trinajstić information content (AvgIpc) is 3.15. The Morgan fingerprint density at radius 1 is 1.14 bits per heavy atom. The van der Waals surface area contributed by atoms with Crippen molar-refractivity contribution >= 4 is 5.91 Å². The lowest BCUT2D eigenvalue weighted by Crippen LogP contribution is -2.23. The zero-order valence-corrected chi connectivity index (χ0v) is 16.4. The Kier molecular flexibility index (Phi) is 6.03. The lowest BCUT2D eigenvalue weighted by Gasteiger charge is -2.07. The molecule has 0 bridgehead atoms. The van der Waals surface area contributed by atoms with E-state index in [0.29, 0.717) is 31.0 Å². The molecule has 1 aromatic carbocycles. The van der Waals surface area contributed by atoms with Gasteiger partial charge in [0, 0.05) is 31.6 Å². The van der Waals surface area contributed by atoms with Gasteiger partial charge in [-0.1, -0.05) is 35.0 Å². The Hall–Kier alpha value is -3.22. The molecule has 0 saturated carbocycles. The number of carbonyl (C=O) groups excluding carboxylic acids is 1. The average molecular weight is 380 g/mol. The van der Waals surface area contributed by atoms with Gasteiger partial charge in [0.25, 0.3) is 5.56 Å². The van der Waals surface area contributed by atoms with Gasteiger partial charge in [-0.2, -0.15) is 4.98 Å². The van der Waals surface area contributed by atoms with E-state index in [1.54, 1.807) is 10.6 Å². The molecule has 0 fully saturated rings. The van der Waals surface area contributed by atoms with Crippen LogP contribution in [-0.4, -0.2) is 20.6 Å². The second-order valence-corrected chi connectivity index (χ2v) is 6.71. The Labute approximate surface area is 163 Å². The maximum absolute atomic E-state index is 12.5. The fourth-order valence-electron chi connectivity index (χ4n) is 2.92. The van der Waals surface area contributed by atoms with Gasteiger partial charge in [0.2, 0.25) is 17.6 Å². The summed E-state index contributed by atoms with van der Waals surface area (Å²) in [6, 6.07) is 11.6.